The molecule has 146 valence electrons. The maximum atomic E-state index is 13.2. The first-order valence-electron chi connectivity index (χ1n) is 8.56. The van der Waals surface area contributed by atoms with Crippen molar-refractivity contribution < 1.29 is 17.9 Å². The highest BCUT2D eigenvalue weighted by Gasteiger charge is 2.27. The van der Waals surface area contributed by atoms with E-state index in [9.17, 15) is 13.2 Å². The fraction of sp³-hybridized carbons (Fsp3) is 0.316. The van der Waals surface area contributed by atoms with Gasteiger partial charge in [-0.05, 0) is 43.7 Å². The number of halogens is 1. The summed E-state index contributed by atoms with van der Waals surface area (Å²) in [7, 11) is -2.46. The van der Waals surface area contributed by atoms with E-state index in [0.717, 1.165) is 0 Å². The molecule has 0 aliphatic heterocycles. The molecule has 0 saturated carbocycles. The monoisotopic (exact) mass is 410 g/mol. The maximum absolute atomic E-state index is 13.2. The third-order valence-corrected chi connectivity index (χ3v) is 6.43. The molecule has 2 rings (SSSR count). The molecule has 2 aromatic carbocycles. The Bertz CT molecular complexity index is 884. The fourth-order valence-corrected chi connectivity index (χ4v) is 4.64. The van der Waals surface area contributed by atoms with E-state index in [1.807, 2.05) is 13.0 Å². The van der Waals surface area contributed by atoms with Gasteiger partial charge in [-0.3, -0.25) is 9.10 Å². The van der Waals surface area contributed by atoms with Crippen LogP contribution in [0.3, 0.4) is 0 Å². The number of nitrogens with one attached hydrogen (secondary N) is 1. The van der Waals surface area contributed by atoms with Crippen LogP contribution in [0.2, 0.25) is 5.02 Å². The van der Waals surface area contributed by atoms with Gasteiger partial charge in [-0.1, -0.05) is 36.7 Å². The average Bonchev–Trinajstić information content (AvgIpc) is 2.65. The molecule has 1 unspecified atom stereocenters. The molecule has 1 atom stereocenters. The largest absolute Gasteiger partial charge is 0.372 e. The topological polar surface area (TPSA) is 75.7 Å². The van der Waals surface area contributed by atoms with Gasteiger partial charge in [-0.2, -0.15) is 0 Å². The van der Waals surface area contributed by atoms with Crippen molar-refractivity contribution in [2.75, 3.05) is 23.3 Å². The number of ether oxygens (including phenoxy) is 1. The van der Waals surface area contributed by atoms with E-state index in [2.05, 4.69) is 5.32 Å². The third-order valence-electron chi connectivity index (χ3n) is 4.05. The van der Waals surface area contributed by atoms with Crippen LogP contribution in [0.1, 0.15) is 20.3 Å². The molecule has 0 fully saturated rings. The van der Waals surface area contributed by atoms with Crippen LogP contribution < -0.4 is 9.62 Å². The molecule has 6 nitrogen and oxygen atoms in total. The van der Waals surface area contributed by atoms with Crippen molar-refractivity contribution in [3.8, 4) is 0 Å². The summed E-state index contributed by atoms with van der Waals surface area (Å²) in [4.78, 5) is 12.1. The van der Waals surface area contributed by atoms with Gasteiger partial charge < -0.3 is 10.1 Å². The smallest absolute Gasteiger partial charge is 0.265 e. The van der Waals surface area contributed by atoms with E-state index in [1.54, 1.807) is 37.3 Å². The van der Waals surface area contributed by atoms with Crippen LogP contribution >= 0.6 is 11.6 Å². The first-order valence-corrected chi connectivity index (χ1v) is 10.4. The molecular weight excluding hydrogens is 388 g/mol. The van der Waals surface area contributed by atoms with Crippen molar-refractivity contribution in [1.29, 1.82) is 0 Å². The van der Waals surface area contributed by atoms with Crippen LogP contribution in [0.4, 0.5) is 11.4 Å². The Morgan fingerprint density at radius 2 is 1.85 bits per heavy atom. The van der Waals surface area contributed by atoms with Crippen LogP contribution in [-0.4, -0.2) is 34.1 Å². The van der Waals surface area contributed by atoms with Crippen molar-refractivity contribution in [2.24, 2.45) is 0 Å². The number of nitrogens with zero attached hydrogens (tertiary/aromatic N) is 1. The Morgan fingerprint density at radius 3 is 2.41 bits per heavy atom. The first kappa shape index (κ1) is 21.2. The van der Waals surface area contributed by atoms with Crippen LogP contribution in [0.5, 0.6) is 0 Å². The lowest BCUT2D eigenvalue weighted by atomic mass is 10.2. The number of amides is 1. The molecule has 27 heavy (non-hydrogen) atoms. The summed E-state index contributed by atoms with van der Waals surface area (Å²) >= 11 is 6.18. The number of hydrogen-bond acceptors (Lipinski definition) is 4. The predicted octanol–water partition coefficient (Wildman–Crippen LogP) is 3.92. The van der Waals surface area contributed by atoms with Gasteiger partial charge >= 0.3 is 0 Å². The predicted molar refractivity (Wildman–Crippen MR) is 108 cm³/mol. The SMILES string of the molecule is CCC(OC)C(=O)Nc1ccc(Cl)c(S(=O)(=O)N(CC)c2ccccc2)c1. The maximum Gasteiger partial charge on any atom is 0.265 e. The summed E-state index contributed by atoms with van der Waals surface area (Å²) in [6.07, 6.45) is -0.115. The average molecular weight is 411 g/mol. The van der Waals surface area contributed by atoms with Gasteiger partial charge in [0.15, 0.2) is 0 Å². The van der Waals surface area contributed by atoms with E-state index >= 15 is 0 Å². The van der Waals surface area contributed by atoms with Gasteiger partial charge in [0.1, 0.15) is 11.0 Å². The molecule has 1 N–H and O–H groups in total. The van der Waals surface area contributed by atoms with Crippen molar-refractivity contribution >= 4 is 38.9 Å². The Kier molecular flexibility index (Phi) is 7.24. The van der Waals surface area contributed by atoms with Crippen LogP contribution in [0, 0.1) is 0 Å². The van der Waals surface area contributed by atoms with Crippen LogP contribution in [0.25, 0.3) is 0 Å². The molecule has 2 aromatic rings. The van der Waals surface area contributed by atoms with Gasteiger partial charge in [-0.15, -0.1) is 0 Å². The van der Waals surface area contributed by atoms with Gasteiger partial charge in [0.05, 0.1) is 10.7 Å². The highest BCUT2D eigenvalue weighted by atomic mass is 35.5. The van der Waals surface area contributed by atoms with E-state index < -0.39 is 16.1 Å². The molecule has 0 aromatic heterocycles. The number of anilines is 2. The minimum atomic E-state index is -3.91. The lowest BCUT2D eigenvalue weighted by Gasteiger charge is -2.24. The fourth-order valence-electron chi connectivity index (χ4n) is 2.66. The first-order chi connectivity index (χ1) is 12.8. The number of carbonyl (C=O) groups excluding carboxylic acids is 1. The second-order valence-electron chi connectivity index (χ2n) is 5.77. The van der Waals surface area contributed by atoms with Crippen LogP contribution in [-0.2, 0) is 19.6 Å². The summed E-state index contributed by atoms with van der Waals surface area (Å²) in [5, 5.41) is 2.76. The molecule has 8 heteroatoms. The molecule has 0 saturated heterocycles. The molecule has 0 radical (unpaired) electrons. The van der Waals surface area contributed by atoms with Crippen molar-refractivity contribution in [2.45, 2.75) is 31.3 Å². The number of carbonyl (C=O) groups is 1. The molecule has 0 spiro atoms. The summed E-state index contributed by atoms with van der Waals surface area (Å²) < 4.78 is 32.7. The highest BCUT2D eigenvalue weighted by molar-refractivity contribution is 7.93. The van der Waals surface area contributed by atoms with Crippen molar-refractivity contribution in [3.05, 3.63) is 53.6 Å². The number of hydrogen-bond donors (Lipinski definition) is 1. The standard InChI is InChI=1S/C19H23ClN2O4S/c1-4-17(26-3)19(23)21-14-11-12-16(20)18(13-14)27(24,25)22(5-2)15-9-7-6-8-10-15/h6-13,17H,4-5H2,1-3H3,(H,21,23). The zero-order chi connectivity index (χ0) is 20.0. The third kappa shape index (κ3) is 4.80. The summed E-state index contributed by atoms with van der Waals surface area (Å²) in [6, 6.07) is 13.1. The minimum Gasteiger partial charge on any atom is -0.372 e. The lowest BCUT2D eigenvalue weighted by molar-refractivity contribution is -0.125. The second-order valence-corrected chi connectivity index (χ2v) is 8.01. The highest BCUT2D eigenvalue weighted by Crippen LogP contribution is 2.30. The van der Waals surface area contributed by atoms with Gasteiger partial charge in [0, 0.05) is 19.3 Å². The molecule has 0 aliphatic rings. The summed E-state index contributed by atoms with van der Waals surface area (Å²) in [5.41, 5.74) is 0.874. The van der Waals surface area contributed by atoms with E-state index in [-0.39, 0.29) is 22.4 Å². The normalized spacial score (nSPS) is 12.4. The summed E-state index contributed by atoms with van der Waals surface area (Å²) in [6.45, 7) is 3.81. The van der Waals surface area contributed by atoms with Crippen molar-refractivity contribution in [3.63, 3.8) is 0 Å². The number of methoxy groups -OCH3 is 1. The van der Waals surface area contributed by atoms with E-state index in [0.29, 0.717) is 17.8 Å². The molecular formula is C19H23ClN2O4S. The van der Waals surface area contributed by atoms with Gasteiger partial charge in [-0.25, -0.2) is 8.42 Å². The molecule has 0 aliphatic carbocycles. The quantitative estimate of drug-likeness (QED) is 0.715. The minimum absolute atomic E-state index is 0.0712. The Hall–Kier alpha value is -2.09. The summed E-state index contributed by atoms with van der Waals surface area (Å²) in [5.74, 6) is -0.346. The van der Waals surface area contributed by atoms with E-state index in [1.165, 1.54) is 23.5 Å². The zero-order valence-corrected chi connectivity index (χ0v) is 17.0. The van der Waals surface area contributed by atoms with E-state index in [4.69, 9.17) is 16.3 Å². The Morgan fingerprint density at radius 1 is 1.19 bits per heavy atom. The Balaban J connectivity index is 2.40. The number of para-hydroxylation sites is 1. The van der Waals surface area contributed by atoms with Crippen molar-refractivity contribution in [1.82, 2.24) is 0 Å². The molecule has 1 amide bonds. The number of benzene rings is 2. The zero-order valence-electron chi connectivity index (χ0n) is 15.5. The van der Waals surface area contributed by atoms with Gasteiger partial charge in [0.2, 0.25) is 0 Å². The number of sulfonamides is 1. The van der Waals surface area contributed by atoms with Gasteiger partial charge in [0.25, 0.3) is 15.9 Å². The number of rotatable bonds is 8. The Labute approximate surface area is 165 Å². The van der Waals surface area contributed by atoms with Crippen LogP contribution in [0.15, 0.2) is 53.4 Å². The molecule has 0 bridgehead atoms. The lowest BCUT2D eigenvalue weighted by Crippen LogP contribution is -2.31. The molecule has 0 heterocycles. The second kappa shape index (κ2) is 9.21.